The van der Waals surface area contributed by atoms with Crippen molar-refractivity contribution in [2.75, 3.05) is 7.11 Å². The molecule has 0 amide bonds. The van der Waals surface area contributed by atoms with Crippen LogP contribution in [0.2, 0.25) is 0 Å². The van der Waals surface area contributed by atoms with E-state index in [1.165, 1.54) is 0 Å². The summed E-state index contributed by atoms with van der Waals surface area (Å²) < 4.78 is 4.80. The van der Waals surface area contributed by atoms with Crippen LogP contribution in [-0.4, -0.2) is 236 Å². The van der Waals surface area contributed by atoms with Crippen molar-refractivity contribution >= 4 is 229 Å². The molecule has 0 bridgehead atoms. The van der Waals surface area contributed by atoms with Crippen LogP contribution in [0, 0.1) is 0 Å². The molecule has 0 aromatic heterocycles. The molecule has 0 spiro atoms. The first-order valence-electron chi connectivity index (χ1n) is 11.7. The average Bonchev–Trinajstić information content (AvgIpc) is 2.89. The van der Waals surface area contributed by atoms with E-state index in [9.17, 15) is 0 Å². The van der Waals surface area contributed by atoms with Crippen molar-refractivity contribution in [3.05, 3.63) is 0 Å². The molecule has 0 rings (SSSR count). The van der Waals surface area contributed by atoms with E-state index in [4.69, 9.17) is 4.65 Å². The Morgan fingerprint density at radius 1 is 0.278 bits per heavy atom. The van der Waals surface area contributed by atoms with E-state index < -0.39 is 0 Å². The standard InChI is InChI=1S/CH4B34O/c1-36-35-34-33-32-31-30-29-28-27-26-25-24-23-22-21-20-19-18-17-16-15-14-13-12-11-10-9-8-7-6-5-4-3-2/h2H,1H3. The summed E-state index contributed by atoms with van der Waals surface area (Å²) in [6, 6.07) is 0. The van der Waals surface area contributed by atoms with E-state index in [1.807, 2.05) is 207 Å². The Kier molecular flexibility index (Phi) is 39.1. The van der Waals surface area contributed by atoms with E-state index >= 15 is 0 Å². The van der Waals surface area contributed by atoms with Gasteiger partial charge < -0.3 is 0 Å². The quantitative estimate of drug-likeness (QED) is 0.221. The maximum atomic E-state index is 4.80. The van der Waals surface area contributed by atoms with Crippen LogP contribution in [0.4, 0.5) is 0 Å². The van der Waals surface area contributed by atoms with E-state index in [0.717, 1.165) is 0 Å². The third kappa shape index (κ3) is 36.0. The molecule has 0 heterocycles. The fourth-order valence-corrected chi connectivity index (χ4v) is 2.06. The Balaban J connectivity index is 3.99. The molecular weight excluding hydrogens is 396 g/mol. The SMILES string of the molecule is B=BB=BB=BB=BB=BB=BB=BB=BB=BB=BB=BB=BB=BB=BB=BB=BB=BOC. The molecule has 0 fully saturated rings. The summed E-state index contributed by atoms with van der Waals surface area (Å²) in [4.78, 5) is 0. The minimum absolute atomic E-state index is 1.62. The van der Waals surface area contributed by atoms with Gasteiger partial charge in [-0.3, -0.25) is 0 Å². The van der Waals surface area contributed by atoms with Crippen molar-refractivity contribution in [1.82, 2.24) is 0 Å². The first kappa shape index (κ1) is 38.0. The summed E-state index contributed by atoms with van der Waals surface area (Å²) in [5.74, 6) is 0. The Labute approximate surface area is 239 Å². The molecule has 0 N–H and O–H groups in total. The van der Waals surface area contributed by atoms with Crippen LogP contribution in [0.1, 0.15) is 0 Å². The average molecular weight is 400 g/mol. The van der Waals surface area contributed by atoms with Crippen LogP contribution in [-0.2, 0) is 4.65 Å². The van der Waals surface area contributed by atoms with Gasteiger partial charge in [0.05, 0.1) is 0 Å². The first-order valence-corrected chi connectivity index (χ1v) is 11.7. The van der Waals surface area contributed by atoms with Gasteiger partial charge in [0.1, 0.15) is 0 Å². The van der Waals surface area contributed by atoms with Gasteiger partial charge in [-0.15, -0.1) is 0 Å². The monoisotopic (exact) mass is 406 g/mol. The van der Waals surface area contributed by atoms with Gasteiger partial charge in [0.15, 0.2) is 0 Å². The third-order valence-corrected chi connectivity index (χ3v) is 3.68. The fraction of sp³-hybridized carbons (Fsp3) is 1.00. The minimum atomic E-state index is 1.62. The van der Waals surface area contributed by atoms with Gasteiger partial charge in [-0.25, -0.2) is 0 Å². The van der Waals surface area contributed by atoms with Crippen LogP contribution in [0.5, 0.6) is 0 Å². The molecule has 0 saturated carbocycles. The zero-order valence-electron chi connectivity index (χ0n) is 21.2. The van der Waals surface area contributed by atoms with Crippen molar-refractivity contribution in [2.24, 2.45) is 0 Å². The second kappa shape index (κ2) is 37.0. The summed E-state index contributed by atoms with van der Waals surface area (Å²) in [5, 5.41) is 0. The zero-order chi connectivity index (χ0) is 26.0. The molecule has 0 aliphatic heterocycles. The van der Waals surface area contributed by atoms with E-state index in [-0.39, 0.29) is 0 Å². The molecular formula is CH4B34O. The molecule has 0 aromatic rings. The van der Waals surface area contributed by atoms with Gasteiger partial charge in [0.2, 0.25) is 0 Å². The fourth-order valence-electron chi connectivity index (χ4n) is 2.06. The van der Waals surface area contributed by atoms with Crippen molar-refractivity contribution in [3.63, 3.8) is 0 Å². The van der Waals surface area contributed by atoms with Crippen LogP contribution in [0.15, 0.2) is 0 Å². The maximum absolute atomic E-state index is 4.80. The number of hydrogen-bond acceptors (Lipinski definition) is 1. The molecule has 116 valence electrons. The summed E-state index contributed by atoms with van der Waals surface area (Å²) in [6.45, 7) is 62.8. The molecule has 0 radical (unpaired) electrons. The second-order valence-corrected chi connectivity index (χ2v) is 6.57. The van der Waals surface area contributed by atoms with Crippen molar-refractivity contribution in [1.29, 1.82) is 0 Å². The van der Waals surface area contributed by atoms with E-state index in [0.29, 0.717) is 0 Å². The molecule has 0 unspecified atom stereocenters. The van der Waals surface area contributed by atoms with Crippen LogP contribution < -0.4 is 0 Å². The van der Waals surface area contributed by atoms with Crippen molar-refractivity contribution in [3.8, 4) is 0 Å². The van der Waals surface area contributed by atoms with Gasteiger partial charge in [-0.05, 0) is 0 Å². The summed E-state index contributed by atoms with van der Waals surface area (Å²) >= 11 is 0. The predicted molar refractivity (Wildman–Crippen MR) is 204 cm³/mol. The van der Waals surface area contributed by atoms with E-state index in [1.54, 1.807) is 20.8 Å². The molecule has 0 atom stereocenters. The Bertz CT molecular complexity index is 1020. The molecule has 0 aromatic carbocycles. The third-order valence-electron chi connectivity index (χ3n) is 3.68. The number of hydrogen-bond donors (Lipinski definition) is 0. The molecule has 0 saturated heterocycles. The number of rotatable bonds is 17. The van der Waals surface area contributed by atoms with E-state index in [2.05, 4.69) is 7.37 Å². The normalized spacial score (nSPS) is 7.56. The van der Waals surface area contributed by atoms with Crippen LogP contribution in [0.25, 0.3) is 0 Å². The zero-order valence-corrected chi connectivity index (χ0v) is 21.2. The molecule has 0 aliphatic carbocycles. The predicted octanol–water partition coefficient (Wildman–Crippen LogP) is -13.1. The van der Waals surface area contributed by atoms with Gasteiger partial charge in [0.25, 0.3) is 0 Å². The molecule has 1 nitrogen and oxygen atoms in total. The van der Waals surface area contributed by atoms with Gasteiger partial charge in [0, 0.05) is 0 Å². The Morgan fingerprint density at radius 3 is 0.611 bits per heavy atom. The van der Waals surface area contributed by atoms with Crippen molar-refractivity contribution < 1.29 is 4.65 Å². The van der Waals surface area contributed by atoms with Crippen LogP contribution >= 0.6 is 0 Å². The molecule has 0 aliphatic rings. The summed E-state index contributed by atoms with van der Waals surface area (Å²) in [5.41, 5.74) is 0. The first-order chi connectivity index (χ1) is 17.9. The summed E-state index contributed by atoms with van der Waals surface area (Å²) in [7, 11) is 6.86. The second-order valence-electron chi connectivity index (χ2n) is 6.57. The van der Waals surface area contributed by atoms with Gasteiger partial charge in [-0.2, -0.15) is 0 Å². The molecule has 36 heavy (non-hydrogen) atoms. The van der Waals surface area contributed by atoms with Crippen LogP contribution in [0.3, 0.4) is 0 Å². The summed E-state index contributed by atoms with van der Waals surface area (Å²) in [6.07, 6.45) is 0. The Hall–Kier alpha value is 2.01. The topological polar surface area (TPSA) is 9.23 Å². The van der Waals surface area contributed by atoms with Crippen molar-refractivity contribution in [2.45, 2.75) is 0 Å². The van der Waals surface area contributed by atoms with Gasteiger partial charge in [-0.1, -0.05) is 0 Å². The Morgan fingerprint density at radius 2 is 0.444 bits per heavy atom. The molecule has 35 heteroatoms. The van der Waals surface area contributed by atoms with Gasteiger partial charge >= 0.3 is 240 Å².